The number of rotatable bonds is 5. The van der Waals surface area contributed by atoms with Crippen molar-refractivity contribution in [3.63, 3.8) is 0 Å². The molecule has 156 valence electrons. The van der Waals surface area contributed by atoms with Crippen LogP contribution in [0.2, 0.25) is 5.02 Å². The van der Waals surface area contributed by atoms with Gasteiger partial charge in [0.25, 0.3) is 5.91 Å². The second-order valence-corrected chi connectivity index (χ2v) is 9.50. The van der Waals surface area contributed by atoms with Crippen LogP contribution in [0.5, 0.6) is 0 Å². The van der Waals surface area contributed by atoms with Crippen LogP contribution in [0.15, 0.2) is 54.6 Å². The predicted molar refractivity (Wildman–Crippen MR) is 127 cm³/mol. The molecule has 5 heteroatoms. The van der Waals surface area contributed by atoms with Crippen LogP contribution >= 0.6 is 22.9 Å². The summed E-state index contributed by atoms with van der Waals surface area (Å²) in [6.07, 6.45) is 3.65. The van der Waals surface area contributed by atoms with E-state index in [1.165, 1.54) is 35.3 Å². The summed E-state index contributed by atoms with van der Waals surface area (Å²) < 4.78 is 0. The van der Waals surface area contributed by atoms with Gasteiger partial charge in [-0.25, -0.2) is 0 Å². The van der Waals surface area contributed by atoms with Crippen LogP contribution in [-0.4, -0.2) is 23.9 Å². The second kappa shape index (κ2) is 9.34. The minimum atomic E-state index is -0.0744. The van der Waals surface area contributed by atoms with Crippen molar-refractivity contribution >= 4 is 33.8 Å². The normalized spacial score (nSPS) is 15.7. The maximum Gasteiger partial charge on any atom is 0.256 e. The Morgan fingerprint density at radius 1 is 1.00 bits per heavy atom. The molecule has 1 aliphatic rings. The topological polar surface area (TPSA) is 32.3 Å². The third-order valence-corrected chi connectivity index (χ3v) is 7.41. The van der Waals surface area contributed by atoms with Crippen molar-refractivity contribution in [2.45, 2.75) is 39.2 Å². The highest BCUT2D eigenvalue weighted by Gasteiger charge is 2.31. The van der Waals surface area contributed by atoms with Gasteiger partial charge in [-0.2, -0.15) is 0 Å². The van der Waals surface area contributed by atoms with Crippen LogP contribution in [0.3, 0.4) is 0 Å². The standard InChI is InChI=1S/C25H27ClN2OS/c1-17-18(2)30-25(27-24(29)19-11-5-3-6-12-19)22(17)23(28-15-9-4-10-16-28)20-13-7-8-14-21(20)26/h3,5-8,11-14,23H,4,9-10,15-16H2,1-2H3,(H,27,29)/t23-/m0/s1. The van der Waals surface area contributed by atoms with E-state index in [0.29, 0.717) is 5.56 Å². The van der Waals surface area contributed by atoms with Gasteiger partial charge in [-0.05, 0) is 69.1 Å². The van der Waals surface area contributed by atoms with Gasteiger partial charge >= 0.3 is 0 Å². The first-order valence-corrected chi connectivity index (χ1v) is 11.7. The van der Waals surface area contributed by atoms with Gasteiger partial charge in [-0.1, -0.05) is 54.4 Å². The van der Waals surface area contributed by atoms with E-state index in [2.05, 4.69) is 36.2 Å². The van der Waals surface area contributed by atoms with Gasteiger partial charge < -0.3 is 5.32 Å². The Kier molecular flexibility index (Phi) is 6.57. The van der Waals surface area contributed by atoms with Crippen molar-refractivity contribution in [3.05, 3.63) is 86.8 Å². The molecule has 1 N–H and O–H groups in total. The van der Waals surface area contributed by atoms with Gasteiger partial charge in [-0.3, -0.25) is 9.69 Å². The van der Waals surface area contributed by atoms with Crippen molar-refractivity contribution in [2.24, 2.45) is 0 Å². The molecule has 2 aromatic carbocycles. The Labute approximate surface area is 187 Å². The number of halogens is 1. The molecule has 0 saturated carbocycles. The first-order valence-electron chi connectivity index (χ1n) is 10.5. The summed E-state index contributed by atoms with van der Waals surface area (Å²) >= 11 is 8.35. The van der Waals surface area contributed by atoms with E-state index in [1.807, 2.05) is 42.5 Å². The van der Waals surface area contributed by atoms with Crippen LogP contribution in [0, 0.1) is 13.8 Å². The molecule has 0 spiro atoms. The monoisotopic (exact) mass is 438 g/mol. The summed E-state index contributed by atoms with van der Waals surface area (Å²) in [5.41, 5.74) is 4.19. The maximum atomic E-state index is 12.9. The van der Waals surface area contributed by atoms with Crippen LogP contribution in [0.1, 0.15) is 57.2 Å². The summed E-state index contributed by atoms with van der Waals surface area (Å²) in [5, 5.41) is 4.91. The number of nitrogens with one attached hydrogen (secondary N) is 1. The molecule has 1 atom stereocenters. The molecule has 4 rings (SSSR count). The summed E-state index contributed by atoms with van der Waals surface area (Å²) in [7, 11) is 0. The SMILES string of the molecule is Cc1sc(NC(=O)c2ccccc2)c([C@H](c2ccccc2Cl)N2CCCCC2)c1C. The van der Waals surface area contributed by atoms with Gasteiger partial charge in [0.15, 0.2) is 0 Å². The smallest absolute Gasteiger partial charge is 0.256 e. The molecule has 2 heterocycles. The van der Waals surface area contributed by atoms with E-state index >= 15 is 0 Å². The zero-order valence-electron chi connectivity index (χ0n) is 17.5. The molecule has 1 saturated heterocycles. The molecule has 1 aromatic heterocycles. The average Bonchev–Trinajstić information content (AvgIpc) is 3.04. The molecule has 3 nitrogen and oxygen atoms in total. The Hall–Kier alpha value is -2.14. The van der Waals surface area contributed by atoms with Crippen molar-refractivity contribution < 1.29 is 4.79 Å². The van der Waals surface area contributed by atoms with Crippen LogP contribution < -0.4 is 5.32 Å². The van der Waals surface area contributed by atoms with Crippen LogP contribution in [0.4, 0.5) is 5.00 Å². The summed E-state index contributed by atoms with van der Waals surface area (Å²) in [5.74, 6) is -0.0744. The van der Waals surface area contributed by atoms with Gasteiger partial charge in [-0.15, -0.1) is 11.3 Å². The first-order chi connectivity index (χ1) is 14.6. The zero-order chi connectivity index (χ0) is 21.1. The molecule has 0 bridgehead atoms. The Bertz CT molecular complexity index is 1020. The lowest BCUT2D eigenvalue weighted by atomic mass is 9.93. The highest BCUT2D eigenvalue weighted by molar-refractivity contribution is 7.16. The summed E-state index contributed by atoms with van der Waals surface area (Å²) in [4.78, 5) is 16.7. The van der Waals surface area contributed by atoms with Crippen molar-refractivity contribution in [1.29, 1.82) is 0 Å². The summed E-state index contributed by atoms with van der Waals surface area (Å²) in [6.45, 7) is 6.36. The number of anilines is 1. The number of aryl methyl sites for hydroxylation is 1. The van der Waals surface area contributed by atoms with E-state index in [-0.39, 0.29) is 11.9 Å². The second-order valence-electron chi connectivity index (χ2n) is 7.87. The van der Waals surface area contributed by atoms with Gasteiger partial charge in [0.1, 0.15) is 5.00 Å². The highest BCUT2D eigenvalue weighted by atomic mass is 35.5. The predicted octanol–water partition coefficient (Wildman–Crippen LogP) is 6.85. The van der Waals surface area contributed by atoms with Gasteiger partial charge in [0.05, 0.1) is 6.04 Å². The fourth-order valence-corrected chi connectivity index (χ4v) is 5.57. The molecule has 0 unspecified atom stereocenters. The van der Waals surface area contributed by atoms with Gasteiger partial charge in [0, 0.05) is 21.0 Å². The Morgan fingerprint density at radius 3 is 2.37 bits per heavy atom. The van der Waals surface area contributed by atoms with E-state index in [4.69, 9.17) is 11.6 Å². The number of hydrogen-bond acceptors (Lipinski definition) is 3. The van der Waals surface area contributed by atoms with Crippen LogP contribution in [0.25, 0.3) is 0 Å². The molecular formula is C25H27ClN2OS. The zero-order valence-corrected chi connectivity index (χ0v) is 19.0. The quantitative estimate of drug-likeness (QED) is 0.472. The fraction of sp³-hybridized carbons (Fsp3) is 0.320. The number of nitrogens with zero attached hydrogens (tertiary/aromatic N) is 1. The number of amides is 1. The summed E-state index contributed by atoms with van der Waals surface area (Å²) in [6, 6.07) is 17.5. The van der Waals surface area contributed by atoms with Crippen molar-refractivity contribution in [3.8, 4) is 0 Å². The number of carbonyl (C=O) groups excluding carboxylic acids is 1. The molecule has 3 aromatic rings. The third kappa shape index (κ3) is 4.31. The Morgan fingerprint density at radius 2 is 1.67 bits per heavy atom. The lowest BCUT2D eigenvalue weighted by Gasteiger charge is -2.36. The number of hydrogen-bond donors (Lipinski definition) is 1. The minimum Gasteiger partial charge on any atom is -0.313 e. The van der Waals surface area contributed by atoms with Crippen LogP contribution in [-0.2, 0) is 0 Å². The largest absolute Gasteiger partial charge is 0.313 e. The van der Waals surface area contributed by atoms with Crippen molar-refractivity contribution in [1.82, 2.24) is 4.90 Å². The van der Waals surface area contributed by atoms with E-state index < -0.39 is 0 Å². The molecule has 0 aliphatic carbocycles. The number of carbonyl (C=O) groups is 1. The number of likely N-dealkylation sites (tertiary alicyclic amines) is 1. The lowest BCUT2D eigenvalue weighted by molar-refractivity contribution is 0.102. The fourth-order valence-electron chi connectivity index (χ4n) is 4.24. The highest BCUT2D eigenvalue weighted by Crippen LogP contribution is 2.44. The van der Waals surface area contributed by atoms with E-state index in [9.17, 15) is 4.79 Å². The van der Waals surface area contributed by atoms with Gasteiger partial charge in [0.2, 0.25) is 0 Å². The lowest BCUT2D eigenvalue weighted by Crippen LogP contribution is -2.35. The van der Waals surface area contributed by atoms with Crippen molar-refractivity contribution in [2.75, 3.05) is 18.4 Å². The average molecular weight is 439 g/mol. The first kappa shape index (κ1) is 21.1. The molecule has 0 radical (unpaired) electrons. The molecule has 1 fully saturated rings. The van der Waals surface area contributed by atoms with E-state index in [1.54, 1.807) is 11.3 Å². The number of benzene rings is 2. The number of thiophene rings is 1. The maximum absolute atomic E-state index is 12.9. The van der Waals surface area contributed by atoms with E-state index in [0.717, 1.165) is 28.7 Å². The third-order valence-electron chi connectivity index (χ3n) is 5.92. The number of piperidine rings is 1. The molecule has 1 aliphatic heterocycles. The molecule has 1 amide bonds. The molecule has 30 heavy (non-hydrogen) atoms. The Balaban J connectivity index is 1.79. The minimum absolute atomic E-state index is 0.0371. The molecular weight excluding hydrogens is 412 g/mol.